The van der Waals surface area contributed by atoms with E-state index in [1.54, 1.807) is 6.20 Å². The maximum Gasteiger partial charge on any atom is 0.256 e. The van der Waals surface area contributed by atoms with Crippen molar-refractivity contribution in [3.05, 3.63) is 72.2 Å². The number of pyridine rings is 2. The van der Waals surface area contributed by atoms with Crippen LogP contribution in [-0.4, -0.2) is 49.7 Å². The molecular formula is C21H23N5OS. The molecule has 0 radical (unpaired) electrons. The summed E-state index contributed by atoms with van der Waals surface area (Å²) < 4.78 is 2.15. The van der Waals surface area contributed by atoms with E-state index in [1.165, 1.54) is 11.8 Å². The number of rotatable bonds is 5. The number of likely N-dealkylation sites (tertiary alicyclic amines) is 1. The highest BCUT2D eigenvalue weighted by Gasteiger charge is 2.29. The molecule has 1 fully saturated rings. The second-order valence-electron chi connectivity index (χ2n) is 6.88. The molecule has 0 N–H and O–H groups in total. The Kier molecular flexibility index (Phi) is 5.71. The molecule has 1 amide bonds. The van der Waals surface area contributed by atoms with Gasteiger partial charge in [-0.15, -0.1) is 11.8 Å². The summed E-state index contributed by atoms with van der Waals surface area (Å²) in [7, 11) is 0. The van der Waals surface area contributed by atoms with Crippen LogP contribution in [0.1, 0.15) is 40.6 Å². The van der Waals surface area contributed by atoms with Crippen molar-refractivity contribution < 1.29 is 4.79 Å². The van der Waals surface area contributed by atoms with Crippen molar-refractivity contribution in [3.8, 4) is 0 Å². The number of carbonyl (C=O) groups excluding carboxylic acids is 1. The minimum absolute atomic E-state index is 0.0602. The highest BCUT2D eigenvalue weighted by atomic mass is 32.2. The molecule has 0 saturated carbocycles. The first-order valence-corrected chi connectivity index (χ1v) is 10.7. The smallest absolute Gasteiger partial charge is 0.256 e. The van der Waals surface area contributed by atoms with Gasteiger partial charge in [0, 0.05) is 43.8 Å². The van der Waals surface area contributed by atoms with Crippen LogP contribution >= 0.6 is 11.8 Å². The molecule has 3 aromatic heterocycles. The van der Waals surface area contributed by atoms with E-state index >= 15 is 0 Å². The van der Waals surface area contributed by atoms with Gasteiger partial charge in [-0.3, -0.25) is 9.78 Å². The van der Waals surface area contributed by atoms with Crippen molar-refractivity contribution >= 4 is 17.7 Å². The molecular weight excluding hydrogens is 370 g/mol. The summed E-state index contributed by atoms with van der Waals surface area (Å²) in [5.41, 5.74) is 1.69. The lowest BCUT2D eigenvalue weighted by atomic mass is 9.96. The molecule has 6 nitrogen and oxygen atoms in total. The maximum absolute atomic E-state index is 13.1. The third kappa shape index (κ3) is 3.94. The first-order chi connectivity index (χ1) is 13.8. The lowest BCUT2D eigenvalue weighted by molar-refractivity contribution is 0.0699. The summed E-state index contributed by atoms with van der Waals surface area (Å²) in [5, 5.41) is 0.784. The fourth-order valence-electron chi connectivity index (χ4n) is 3.74. The number of amides is 1. The zero-order valence-corrected chi connectivity index (χ0v) is 16.7. The van der Waals surface area contributed by atoms with Gasteiger partial charge in [0.15, 0.2) is 0 Å². The summed E-state index contributed by atoms with van der Waals surface area (Å²) in [5.74, 6) is 1.32. The third-order valence-corrected chi connectivity index (χ3v) is 5.79. The van der Waals surface area contributed by atoms with E-state index in [4.69, 9.17) is 0 Å². The molecule has 4 rings (SSSR count). The normalized spacial score (nSPS) is 16.9. The zero-order valence-electron chi connectivity index (χ0n) is 15.9. The Morgan fingerprint density at radius 3 is 2.86 bits per heavy atom. The van der Waals surface area contributed by atoms with Crippen LogP contribution in [0.15, 0.2) is 60.1 Å². The minimum Gasteiger partial charge on any atom is -0.338 e. The van der Waals surface area contributed by atoms with Crippen LogP contribution in [0.2, 0.25) is 0 Å². The van der Waals surface area contributed by atoms with E-state index in [0.29, 0.717) is 18.7 Å². The lowest BCUT2D eigenvalue weighted by Crippen LogP contribution is -2.40. The van der Waals surface area contributed by atoms with Gasteiger partial charge in [0.25, 0.3) is 5.91 Å². The molecule has 1 atom stereocenters. The number of imidazole rings is 1. The van der Waals surface area contributed by atoms with E-state index in [0.717, 1.165) is 35.9 Å². The minimum atomic E-state index is 0.0602. The Balaban J connectivity index is 1.52. The maximum atomic E-state index is 13.1. The number of hydrogen-bond acceptors (Lipinski definition) is 5. The van der Waals surface area contributed by atoms with Crippen molar-refractivity contribution in [2.45, 2.75) is 30.3 Å². The van der Waals surface area contributed by atoms with Gasteiger partial charge in [-0.05, 0) is 43.4 Å². The predicted octanol–water partition coefficient (Wildman–Crippen LogP) is 3.46. The van der Waals surface area contributed by atoms with Crippen LogP contribution in [0.25, 0.3) is 0 Å². The first kappa shape index (κ1) is 18.7. The van der Waals surface area contributed by atoms with Crippen LogP contribution in [0, 0.1) is 0 Å². The summed E-state index contributed by atoms with van der Waals surface area (Å²) in [4.78, 5) is 28.4. The summed E-state index contributed by atoms with van der Waals surface area (Å²) in [6.07, 6.45) is 11.3. The lowest BCUT2D eigenvalue weighted by Gasteiger charge is -2.33. The highest BCUT2D eigenvalue weighted by Crippen LogP contribution is 2.28. The predicted molar refractivity (Wildman–Crippen MR) is 109 cm³/mol. The molecule has 7 heteroatoms. The third-order valence-electron chi connectivity index (χ3n) is 5.07. The van der Waals surface area contributed by atoms with E-state index in [2.05, 4.69) is 19.5 Å². The summed E-state index contributed by atoms with van der Waals surface area (Å²) in [6.45, 7) is 2.15. The second-order valence-corrected chi connectivity index (χ2v) is 7.68. The van der Waals surface area contributed by atoms with Crippen LogP contribution in [0.3, 0.4) is 0 Å². The average molecular weight is 394 g/mol. The molecule has 0 spiro atoms. The molecule has 0 aliphatic carbocycles. The monoisotopic (exact) mass is 393 g/mol. The standard InChI is InChI=1S/C21H23N5OS/c1-28-20-18(8-4-10-24-20)21(27)26-12-5-6-16(14-26)19-23-11-13-25(19)15-17-7-2-3-9-22-17/h2-4,7-11,13,16H,5-6,12,14-15H2,1H3/t16-/m0/s1. The number of carbonyl (C=O) groups is 1. The van der Waals surface area contributed by atoms with Crippen molar-refractivity contribution in [2.75, 3.05) is 19.3 Å². The Bertz CT molecular complexity index is 943. The molecule has 0 aromatic carbocycles. The Morgan fingerprint density at radius 1 is 1.14 bits per heavy atom. The fraction of sp³-hybridized carbons (Fsp3) is 0.333. The van der Waals surface area contributed by atoms with E-state index in [1.807, 2.05) is 60.1 Å². The van der Waals surface area contributed by atoms with Crippen molar-refractivity contribution in [2.24, 2.45) is 0 Å². The molecule has 1 saturated heterocycles. The Labute approximate surface area is 169 Å². The molecule has 1 aliphatic rings. The van der Waals surface area contributed by atoms with Crippen LogP contribution in [-0.2, 0) is 6.54 Å². The average Bonchev–Trinajstić information content (AvgIpc) is 3.22. The molecule has 3 aromatic rings. The quantitative estimate of drug-likeness (QED) is 0.621. The van der Waals surface area contributed by atoms with Gasteiger partial charge in [0.05, 0.1) is 17.8 Å². The highest BCUT2D eigenvalue weighted by molar-refractivity contribution is 7.98. The van der Waals surface area contributed by atoms with Crippen molar-refractivity contribution in [1.29, 1.82) is 0 Å². The Morgan fingerprint density at radius 2 is 2.04 bits per heavy atom. The molecule has 0 bridgehead atoms. The molecule has 1 aliphatic heterocycles. The topological polar surface area (TPSA) is 63.9 Å². The molecule has 28 heavy (non-hydrogen) atoms. The van der Waals surface area contributed by atoms with Crippen LogP contribution in [0.4, 0.5) is 0 Å². The number of aromatic nitrogens is 4. The van der Waals surface area contributed by atoms with Gasteiger partial charge in [-0.25, -0.2) is 9.97 Å². The van der Waals surface area contributed by atoms with Gasteiger partial charge in [-0.1, -0.05) is 6.07 Å². The van der Waals surface area contributed by atoms with Gasteiger partial charge >= 0.3 is 0 Å². The van der Waals surface area contributed by atoms with Gasteiger partial charge in [-0.2, -0.15) is 0 Å². The molecule has 144 valence electrons. The Hall–Kier alpha value is -2.67. The van der Waals surface area contributed by atoms with E-state index < -0.39 is 0 Å². The number of hydrogen-bond donors (Lipinski definition) is 0. The number of piperidine rings is 1. The SMILES string of the molecule is CSc1ncccc1C(=O)N1CCC[C@H](c2nccn2Cc2ccccn2)C1. The van der Waals surface area contributed by atoms with Crippen LogP contribution < -0.4 is 0 Å². The number of nitrogens with zero attached hydrogens (tertiary/aromatic N) is 5. The van der Waals surface area contributed by atoms with Gasteiger partial charge < -0.3 is 9.47 Å². The summed E-state index contributed by atoms with van der Waals surface area (Å²) >= 11 is 1.51. The zero-order chi connectivity index (χ0) is 19.3. The largest absolute Gasteiger partial charge is 0.338 e. The van der Waals surface area contributed by atoms with E-state index in [9.17, 15) is 4.79 Å². The van der Waals surface area contributed by atoms with Gasteiger partial charge in [0.2, 0.25) is 0 Å². The van der Waals surface area contributed by atoms with Crippen molar-refractivity contribution in [3.63, 3.8) is 0 Å². The van der Waals surface area contributed by atoms with E-state index in [-0.39, 0.29) is 11.8 Å². The molecule has 4 heterocycles. The fourth-order valence-corrected chi connectivity index (χ4v) is 4.28. The van der Waals surface area contributed by atoms with Crippen LogP contribution in [0.5, 0.6) is 0 Å². The summed E-state index contributed by atoms with van der Waals surface area (Å²) in [6, 6.07) is 9.63. The number of thioether (sulfide) groups is 1. The van der Waals surface area contributed by atoms with Crippen molar-refractivity contribution in [1.82, 2.24) is 24.4 Å². The first-order valence-electron chi connectivity index (χ1n) is 9.45. The molecule has 0 unspecified atom stereocenters. The second kappa shape index (κ2) is 8.56. The van der Waals surface area contributed by atoms with Gasteiger partial charge in [0.1, 0.15) is 10.9 Å².